The van der Waals surface area contributed by atoms with Crippen LogP contribution in [0.2, 0.25) is 0 Å². The predicted molar refractivity (Wildman–Crippen MR) is 60.9 cm³/mol. The Bertz CT molecular complexity index is 150. The highest BCUT2D eigenvalue weighted by Crippen LogP contribution is 2.08. The summed E-state index contributed by atoms with van der Waals surface area (Å²) in [6.45, 7) is 7.18. The van der Waals surface area contributed by atoms with Gasteiger partial charge in [0, 0.05) is 0 Å². The van der Waals surface area contributed by atoms with Gasteiger partial charge in [0.05, 0.1) is 6.61 Å². The fraction of sp³-hybridized carbons (Fsp3) is 0.900. The molecule has 0 heterocycles. The molecule has 0 aliphatic carbocycles. The van der Waals surface area contributed by atoms with E-state index in [1.165, 1.54) is 12.8 Å². The smallest absolute Gasteiger partial charge is 0.107 e. The van der Waals surface area contributed by atoms with Gasteiger partial charge >= 0.3 is 0 Å². The van der Waals surface area contributed by atoms with E-state index in [0.717, 1.165) is 13.0 Å². The zero-order valence-electron chi connectivity index (χ0n) is 8.88. The van der Waals surface area contributed by atoms with Gasteiger partial charge in [-0.3, -0.25) is 0 Å². The maximum absolute atomic E-state index is 5.60. The molecule has 0 spiro atoms. The summed E-state index contributed by atoms with van der Waals surface area (Å²) < 4.78 is 5.60. The van der Waals surface area contributed by atoms with Crippen molar-refractivity contribution in [2.24, 2.45) is 11.7 Å². The molecule has 2 unspecified atom stereocenters. The summed E-state index contributed by atoms with van der Waals surface area (Å²) in [5, 5.41) is 0. The molecule has 3 heteroatoms. The Morgan fingerprint density at radius 3 is 2.46 bits per heavy atom. The summed E-state index contributed by atoms with van der Waals surface area (Å²) in [4.78, 5) is 0.478. The van der Waals surface area contributed by atoms with Crippen molar-refractivity contribution < 1.29 is 4.74 Å². The summed E-state index contributed by atoms with van der Waals surface area (Å²) in [5.74, 6) is 0.605. The van der Waals surface area contributed by atoms with Gasteiger partial charge in [-0.15, -0.1) is 0 Å². The SMILES string of the molecule is CCCC(C)COC(CC)C(N)=S. The summed E-state index contributed by atoms with van der Waals surface area (Å²) in [5.41, 5.74) is 5.51. The van der Waals surface area contributed by atoms with Crippen LogP contribution < -0.4 is 5.73 Å². The van der Waals surface area contributed by atoms with Crippen LogP contribution in [0.4, 0.5) is 0 Å². The van der Waals surface area contributed by atoms with E-state index in [1.54, 1.807) is 0 Å². The van der Waals surface area contributed by atoms with Crippen molar-refractivity contribution >= 4 is 17.2 Å². The van der Waals surface area contributed by atoms with E-state index in [4.69, 9.17) is 22.7 Å². The van der Waals surface area contributed by atoms with Crippen molar-refractivity contribution in [2.75, 3.05) is 6.61 Å². The van der Waals surface area contributed by atoms with E-state index in [1.807, 2.05) is 6.92 Å². The summed E-state index contributed by atoms with van der Waals surface area (Å²) in [6.07, 6.45) is 3.24. The van der Waals surface area contributed by atoms with E-state index < -0.39 is 0 Å². The molecule has 78 valence electrons. The molecule has 0 rings (SSSR count). The van der Waals surface area contributed by atoms with Gasteiger partial charge in [-0.2, -0.15) is 0 Å². The zero-order valence-corrected chi connectivity index (χ0v) is 9.69. The van der Waals surface area contributed by atoms with Crippen LogP contribution in [0.15, 0.2) is 0 Å². The van der Waals surface area contributed by atoms with Crippen molar-refractivity contribution in [3.8, 4) is 0 Å². The minimum atomic E-state index is -0.0330. The molecule has 0 aliphatic heterocycles. The molecular weight excluding hydrogens is 182 g/mol. The highest BCUT2D eigenvalue weighted by molar-refractivity contribution is 7.80. The van der Waals surface area contributed by atoms with Crippen molar-refractivity contribution in [3.63, 3.8) is 0 Å². The van der Waals surface area contributed by atoms with Crippen molar-refractivity contribution in [1.29, 1.82) is 0 Å². The van der Waals surface area contributed by atoms with Crippen LogP contribution >= 0.6 is 12.2 Å². The largest absolute Gasteiger partial charge is 0.391 e. The molecule has 0 aromatic heterocycles. The number of hydrogen-bond acceptors (Lipinski definition) is 2. The van der Waals surface area contributed by atoms with Gasteiger partial charge < -0.3 is 10.5 Å². The zero-order chi connectivity index (χ0) is 10.3. The summed E-state index contributed by atoms with van der Waals surface area (Å²) in [7, 11) is 0. The van der Waals surface area contributed by atoms with Crippen LogP contribution in [-0.4, -0.2) is 17.7 Å². The quantitative estimate of drug-likeness (QED) is 0.646. The van der Waals surface area contributed by atoms with Gasteiger partial charge in [-0.05, 0) is 18.8 Å². The van der Waals surface area contributed by atoms with Crippen molar-refractivity contribution in [2.45, 2.75) is 46.1 Å². The van der Waals surface area contributed by atoms with Crippen LogP contribution in [0.1, 0.15) is 40.0 Å². The Morgan fingerprint density at radius 1 is 1.46 bits per heavy atom. The Labute approximate surface area is 86.8 Å². The molecule has 0 saturated carbocycles. The van der Waals surface area contributed by atoms with Gasteiger partial charge in [0.25, 0.3) is 0 Å². The van der Waals surface area contributed by atoms with E-state index >= 15 is 0 Å². The molecule has 0 amide bonds. The third-order valence-corrected chi connectivity index (χ3v) is 2.31. The first kappa shape index (κ1) is 12.8. The normalized spacial score (nSPS) is 15.3. The van der Waals surface area contributed by atoms with Gasteiger partial charge in [-0.25, -0.2) is 0 Å². The maximum atomic E-state index is 5.60. The minimum Gasteiger partial charge on any atom is -0.391 e. The average Bonchev–Trinajstić information content (AvgIpc) is 2.05. The number of thiocarbonyl (C=S) groups is 1. The molecule has 2 nitrogen and oxygen atoms in total. The third kappa shape index (κ3) is 5.99. The first-order valence-corrected chi connectivity index (χ1v) is 5.43. The molecule has 0 aliphatic rings. The fourth-order valence-corrected chi connectivity index (χ4v) is 1.49. The number of nitrogens with two attached hydrogens (primary N) is 1. The number of hydrogen-bond donors (Lipinski definition) is 1. The summed E-state index contributed by atoms with van der Waals surface area (Å²) in [6, 6.07) is 0. The molecule has 0 fully saturated rings. The highest BCUT2D eigenvalue weighted by Gasteiger charge is 2.11. The van der Waals surface area contributed by atoms with Crippen LogP contribution in [0, 0.1) is 5.92 Å². The Hall–Kier alpha value is -0.150. The lowest BCUT2D eigenvalue weighted by Crippen LogP contribution is -2.30. The second-order valence-electron chi connectivity index (χ2n) is 3.53. The van der Waals surface area contributed by atoms with E-state index in [2.05, 4.69) is 13.8 Å². The predicted octanol–water partition coefficient (Wildman–Crippen LogP) is 2.50. The van der Waals surface area contributed by atoms with Crippen LogP contribution in [-0.2, 0) is 4.74 Å². The lowest BCUT2D eigenvalue weighted by Gasteiger charge is -2.17. The second kappa shape index (κ2) is 7.27. The molecular formula is C10H21NOS. The minimum absolute atomic E-state index is 0.0330. The van der Waals surface area contributed by atoms with Gasteiger partial charge in [0.1, 0.15) is 11.1 Å². The Morgan fingerprint density at radius 2 is 2.08 bits per heavy atom. The van der Waals surface area contributed by atoms with Gasteiger partial charge in [0.2, 0.25) is 0 Å². The van der Waals surface area contributed by atoms with Crippen LogP contribution in [0.5, 0.6) is 0 Å². The van der Waals surface area contributed by atoms with Crippen molar-refractivity contribution in [1.82, 2.24) is 0 Å². The third-order valence-electron chi connectivity index (χ3n) is 2.05. The molecule has 0 radical (unpaired) electrons. The molecule has 0 aromatic rings. The van der Waals surface area contributed by atoms with Crippen molar-refractivity contribution in [3.05, 3.63) is 0 Å². The lowest BCUT2D eigenvalue weighted by atomic mass is 10.1. The fourth-order valence-electron chi connectivity index (χ4n) is 1.26. The molecule has 0 aromatic carbocycles. The molecule has 0 saturated heterocycles. The first-order valence-electron chi connectivity index (χ1n) is 5.02. The van der Waals surface area contributed by atoms with E-state index in [0.29, 0.717) is 10.9 Å². The van der Waals surface area contributed by atoms with E-state index in [9.17, 15) is 0 Å². The maximum Gasteiger partial charge on any atom is 0.107 e. The second-order valence-corrected chi connectivity index (χ2v) is 4.00. The van der Waals surface area contributed by atoms with E-state index in [-0.39, 0.29) is 6.10 Å². The summed E-state index contributed by atoms with van der Waals surface area (Å²) >= 11 is 4.89. The number of ether oxygens (including phenoxy) is 1. The van der Waals surface area contributed by atoms with Crippen LogP contribution in [0.3, 0.4) is 0 Å². The topological polar surface area (TPSA) is 35.2 Å². The Balaban J connectivity index is 3.65. The lowest BCUT2D eigenvalue weighted by molar-refractivity contribution is 0.0686. The Kier molecular flexibility index (Phi) is 7.19. The highest BCUT2D eigenvalue weighted by atomic mass is 32.1. The molecule has 2 N–H and O–H groups in total. The van der Waals surface area contributed by atoms with Crippen LogP contribution in [0.25, 0.3) is 0 Å². The number of rotatable bonds is 7. The van der Waals surface area contributed by atoms with Gasteiger partial charge in [-0.1, -0.05) is 39.4 Å². The molecule has 13 heavy (non-hydrogen) atoms. The molecule has 2 atom stereocenters. The first-order chi connectivity index (χ1) is 6.11. The monoisotopic (exact) mass is 203 g/mol. The standard InChI is InChI=1S/C10H21NOS/c1-4-6-8(3)7-12-9(5-2)10(11)13/h8-9H,4-7H2,1-3H3,(H2,11,13). The average molecular weight is 203 g/mol. The van der Waals surface area contributed by atoms with Gasteiger partial charge in [0.15, 0.2) is 0 Å². The molecule has 0 bridgehead atoms.